The number of fused-ring (bicyclic) bond motifs is 1. The van der Waals surface area contributed by atoms with Crippen molar-refractivity contribution in [2.24, 2.45) is 5.92 Å². The van der Waals surface area contributed by atoms with E-state index in [0.29, 0.717) is 5.92 Å². The largest absolute Gasteiger partial charge is 0.390 e. The molecule has 3 heteroatoms. The maximum atomic E-state index is 12.0. The Balaban J connectivity index is 2.15. The van der Waals surface area contributed by atoms with Crippen LogP contribution in [0.5, 0.6) is 0 Å². The fourth-order valence-corrected chi connectivity index (χ4v) is 4.21. The first-order valence-corrected chi connectivity index (χ1v) is 7.19. The molecule has 0 unspecified atom stereocenters. The lowest BCUT2D eigenvalue weighted by molar-refractivity contribution is -0.143. The molecule has 3 atom stereocenters. The molecule has 1 aliphatic heterocycles. The third-order valence-corrected chi connectivity index (χ3v) is 4.92. The van der Waals surface area contributed by atoms with Crippen LogP contribution in [0.1, 0.15) is 38.2 Å². The van der Waals surface area contributed by atoms with Gasteiger partial charge in [-0.05, 0) is 30.7 Å². The van der Waals surface area contributed by atoms with Crippen LogP contribution in [0.2, 0.25) is 0 Å². The third kappa shape index (κ3) is 1.71. The Hall–Kier alpha value is -1.35. The van der Waals surface area contributed by atoms with Crippen molar-refractivity contribution < 1.29 is 9.90 Å². The van der Waals surface area contributed by atoms with Crippen molar-refractivity contribution in [3.8, 4) is 0 Å². The van der Waals surface area contributed by atoms with Crippen molar-refractivity contribution in [1.82, 2.24) is 4.90 Å². The minimum atomic E-state index is -0.481. The summed E-state index contributed by atoms with van der Waals surface area (Å²) in [5.41, 5.74) is 0.616. The molecule has 0 spiro atoms. The first-order valence-electron chi connectivity index (χ1n) is 7.19. The highest BCUT2D eigenvalue weighted by molar-refractivity contribution is 5.75. The van der Waals surface area contributed by atoms with E-state index >= 15 is 0 Å². The van der Waals surface area contributed by atoms with Crippen LogP contribution in [0.4, 0.5) is 0 Å². The molecular formula is C16H21NO2. The average molecular weight is 259 g/mol. The van der Waals surface area contributed by atoms with Gasteiger partial charge in [-0.1, -0.05) is 36.8 Å². The number of hydrogen-bond donors (Lipinski definition) is 1. The number of hydrogen-bond acceptors (Lipinski definition) is 2. The summed E-state index contributed by atoms with van der Waals surface area (Å²) >= 11 is 0. The number of aliphatic hydroxyl groups excluding tert-OH is 1. The quantitative estimate of drug-likeness (QED) is 0.840. The van der Waals surface area contributed by atoms with Crippen LogP contribution in [0.3, 0.4) is 0 Å². The lowest BCUT2D eigenvalue weighted by Gasteiger charge is -2.48. The molecule has 0 aromatic heterocycles. The zero-order chi connectivity index (χ0) is 13.5. The summed E-state index contributed by atoms with van der Waals surface area (Å²) in [4.78, 5) is 14.0. The van der Waals surface area contributed by atoms with Crippen molar-refractivity contribution in [3.05, 3.63) is 35.9 Å². The molecule has 2 fully saturated rings. The second-order valence-electron chi connectivity index (χ2n) is 5.79. The zero-order valence-corrected chi connectivity index (χ0v) is 11.4. The first kappa shape index (κ1) is 12.7. The molecule has 3 nitrogen and oxygen atoms in total. The van der Waals surface area contributed by atoms with Crippen LogP contribution in [-0.4, -0.2) is 28.6 Å². The highest BCUT2D eigenvalue weighted by Gasteiger charge is 2.56. The SMILES string of the molecule is CC(=O)N1CC[C@H]2CCC[C@H](O)[C@@]21c1ccccc1. The summed E-state index contributed by atoms with van der Waals surface area (Å²) in [7, 11) is 0. The maximum absolute atomic E-state index is 12.0. The van der Waals surface area contributed by atoms with E-state index in [1.54, 1.807) is 6.92 Å². The number of rotatable bonds is 1. The number of aliphatic hydroxyl groups is 1. The summed E-state index contributed by atoms with van der Waals surface area (Å²) in [6, 6.07) is 10.1. The van der Waals surface area contributed by atoms with Crippen molar-refractivity contribution in [3.63, 3.8) is 0 Å². The number of carbonyl (C=O) groups is 1. The van der Waals surface area contributed by atoms with Crippen molar-refractivity contribution in [1.29, 1.82) is 0 Å². The van der Waals surface area contributed by atoms with Crippen molar-refractivity contribution in [2.75, 3.05) is 6.54 Å². The van der Waals surface area contributed by atoms with Crippen molar-refractivity contribution in [2.45, 2.75) is 44.2 Å². The molecule has 1 aromatic carbocycles. The summed E-state index contributed by atoms with van der Waals surface area (Å²) in [5.74, 6) is 0.467. The van der Waals surface area contributed by atoms with E-state index in [1.807, 2.05) is 23.1 Å². The predicted molar refractivity (Wildman–Crippen MR) is 73.5 cm³/mol. The summed E-state index contributed by atoms with van der Waals surface area (Å²) in [6.07, 6.45) is 3.52. The molecule has 3 rings (SSSR count). The van der Waals surface area contributed by atoms with Gasteiger partial charge in [0.1, 0.15) is 0 Å². The van der Waals surface area contributed by atoms with Crippen LogP contribution >= 0.6 is 0 Å². The number of carbonyl (C=O) groups excluding carboxylic acids is 1. The Kier molecular flexibility index (Phi) is 3.09. The van der Waals surface area contributed by atoms with Crippen LogP contribution < -0.4 is 0 Å². The monoisotopic (exact) mass is 259 g/mol. The minimum Gasteiger partial charge on any atom is -0.390 e. The van der Waals surface area contributed by atoms with Crippen molar-refractivity contribution >= 4 is 5.91 Å². The molecule has 19 heavy (non-hydrogen) atoms. The highest BCUT2D eigenvalue weighted by Crippen LogP contribution is 2.52. The normalized spacial score (nSPS) is 34.1. The Morgan fingerprint density at radius 3 is 2.68 bits per heavy atom. The number of likely N-dealkylation sites (tertiary alicyclic amines) is 1. The number of nitrogens with zero attached hydrogens (tertiary/aromatic N) is 1. The van der Waals surface area contributed by atoms with E-state index in [9.17, 15) is 9.90 Å². The van der Waals surface area contributed by atoms with Crippen LogP contribution in [0.25, 0.3) is 0 Å². The Labute approximate surface area is 114 Å². The number of amides is 1. The lowest BCUT2D eigenvalue weighted by Crippen LogP contribution is -2.57. The molecule has 1 heterocycles. The highest BCUT2D eigenvalue weighted by atomic mass is 16.3. The maximum Gasteiger partial charge on any atom is 0.220 e. The minimum absolute atomic E-state index is 0.0762. The van der Waals surface area contributed by atoms with Gasteiger partial charge in [0.05, 0.1) is 11.6 Å². The van der Waals surface area contributed by atoms with Gasteiger partial charge in [0.2, 0.25) is 5.91 Å². The standard InChI is InChI=1S/C16H21NO2/c1-12(18)17-11-10-14-8-5-9-15(19)16(14,17)13-6-3-2-4-7-13/h2-4,6-7,14-15,19H,5,8-11H2,1H3/t14-,15+,16-/m1/s1. The molecule has 1 aliphatic carbocycles. The van der Waals surface area contributed by atoms with Gasteiger partial charge in [-0.3, -0.25) is 4.79 Å². The van der Waals surface area contributed by atoms with E-state index in [4.69, 9.17) is 0 Å². The molecule has 1 N–H and O–H groups in total. The van der Waals surface area contributed by atoms with E-state index in [1.165, 1.54) is 0 Å². The van der Waals surface area contributed by atoms with Gasteiger partial charge in [-0.15, -0.1) is 0 Å². The first-order chi connectivity index (χ1) is 9.17. The van der Waals surface area contributed by atoms with Crippen LogP contribution in [0.15, 0.2) is 30.3 Å². The van der Waals surface area contributed by atoms with Gasteiger partial charge in [-0.2, -0.15) is 0 Å². The fourth-order valence-electron chi connectivity index (χ4n) is 4.21. The second-order valence-corrected chi connectivity index (χ2v) is 5.79. The van der Waals surface area contributed by atoms with Crippen LogP contribution in [0, 0.1) is 5.92 Å². The molecule has 2 aliphatic rings. The molecular weight excluding hydrogens is 238 g/mol. The van der Waals surface area contributed by atoms with Gasteiger partial charge >= 0.3 is 0 Å². The number of benzene rings is 1. The van der Waals surface area contributed by atoms with Gasteiger partial charge in [0, 0.05) is 13.5 Å². The summed E-state index contributed by atoms with van der Waals surface area (Å²) in [6.45, 7) is 2.39. The molecule has 0 radical (unpaired) electrons. The summed E-state index contributed by atoms with van der Waals surface area (Å²) in [5, 5.41) is 10.7. The lowest BCUT2D eigenvalue weighted by atomic mass is 9.67. The molecule has 102 valence electrons. The average Bonchev–Trinajstić information content (AvgIpc) is 2.81. The van der Waals surface area contributed by atoms with E-state index < -0.39 is 11.6 Å². The Bertz CT molecular complexity index is 473. The molecule has 1 saturated heterocycles. The van der Waals surface area contributed by atoms with Gasteiger partial charge < -0.3 is 10.0 Å². The van der Waals surface area contributed by atoms with Crippen LogP contribution in [-0.2, 0) is 10.3 Å². The van der Waals surface area contributed by atoms with Gasteiger partial charge in [0.15, 0.2) is 0 Å². The molecule has 1 saturated carbocycles. The predicted octanol–water partition coefficient (Wildman–Crippen LogP) is 2.30. The van der Waals surface area contributed by atoms with E-state index in [2.05, 4.69) is 12.1 Å². The van der Waals surface area contributed by atoms with Gasteiger partial charge in [-0.25, -0.2) is 0 Å². The Morgan fingerprint density at radius 1 is 1.26 bits per heavy atom. The molecule has 0 bridgehead atoms. The second kappa shape index (κ2) is 4.64. The Morgan fingerprint density at radius 2 is 2.00 bits per heavy atom. The topological polar surface area (TPSA) is 40.5 Å². The molecule has 1 amide bonds. The smallest absolute Gasteiger partial charge is 0.220 e. The third-order valence-electron chi connectivity index (χ3n) is 4.92. The summed E-state index contributed by atoms with van der Waals surface area (Å²) < 4.78 is 0. The van der Waals surface area contributed by atoms with E-state index in [-0.39, 0.29) is 5.91 Å². The fraction of sp³-hybridized carbons (Fsp3) is 0.562. The van der Waals surface area contributed by atoms with Gasteiger partial charge in [0.25, 0.3) is 0 Å². The molecule has 1 aromatic rings. The zero-order valence-electron chi connectivity index (χ0n) is 11.4. The van der Waals surface area contributed by atoms with E-state index in [0.717, 1.165) is 37.8 Å².